The van der Waals surface area contributed by atoms with E-state index < -0.39 is 0 Å². The average Bonchev–Trinajstić information content (AvgIpc) is 3.13. The van der Waals surface area contributed by atoms with E-state index >= 15 is 0 Å². The molecule has 0 aliphatic heterocycles. The molecule has 0 spiro atoms. The van der Waals surface area contributed by atoms with Crippen molar-refractivity contribution >= 4 is 56.5 Å². The van der Waals surface area contributed by atoms with Crippen molar-refractivity contribution in [1.29, 1.82) is 0 Å². The van der Waals surface area contributed by atoms with Gasteiger partial charge in [-0.3, -0.25) is 4.79 Å². The van der Waals surface area contributed by atoms with E-state index in [4.69, 9.17) is 16.6 Å². The number of nitrogens with zero attached hydrogens (tertiary/aromatic N) is 1. The number of thiazole rings is 1. The van der Waals surface area contributed by atoms with Gasteiger partial charge < -0.3 is 5.32 Å². The minimum Gasteiger partial charge on any atom is -0.325 e. The van der Waals surface area contributed by atoms with E-state index in [1.54, 1.807) is 11.3 Å². The van der Waals surface area contributed by atoms with Gasteiger partial charge in [0, 0.05) is 21.2 Å². The molecule has 0 saturated carbocycles. The van der Waals surface area contributed by atoms with Crippen LogP contribution in [0, 0.1) is 6.92 Å². The summed E-state index contributed by atoms with van der Waals surface area (Å²) in [5, 5.41) is 4.68. The van der Waals surface area contributed by atoms with Crippen LogP contribution < -0.4 is 5.32 Å². The van der Waals surface area contributed by atoms with Gasteiger partial charge in [-0.2, -0.15) is 0 Å². The van der Waals surface area contributed by atoms with Crippen molar-refractivity contribution in [1.82, 2.24) is 4.98 Å². The number of aromatic nitrogens is 1. The molecule has 0 atom stereocenters. The number of rotatable bonds is 5. The molecule has 4 aromatic rings. The second-order valence-electron chi connectivity index (χ2n) is 6.26. The lowest BCUT2D eigenvalue weighted by Gasteiger charge is -2.11. The average molecular weight is 425 g/mol. The number of hydrogen-bond donors (Lipinski definition) is 1. The Morgan fingerprint density at radius 2 is 1.86 bits per heavy atom. The molecule has 0 aliphatic carbocycles. The second kappa shape index (κ2) is 8.35. The standard InChI is InChI=1S/C22H17ClN2OS2/c1-14-17(22-25-19-6-2-3-8-20(19)28-22)5-4-7-18(14)24-21(26)13-27-16-11-9-15(23)10-12-16/h2-12H,13H2,1H3,(H,24,26). The molecule has 0 unspecified atom stereocenters. The highest BCUT2D eigenvalue weighted by atomic mass is 35.5. The van der Waals surface area contributed by atoms with Crippen LogP contribution in [0.1, 0.15) is 5.56 Å². The van der Waals surface area contributed by atoms with Crippen LogP contribution in [0.3, 0.4) is 0 Å². The molecular weight excluding hydrogens is 408 g/mol. The Balaban J connectivity index is 1.50. The molecule has 3 nitrogen and oxygen atoms in total. The van der Waals surface area contributed by atoms with E-state index in [1.807, 2.05) is 67.6 Å². The van der Waals surface area contributed by atoms with Crippen LogP contribution in [0.2, 0.25) is 5.02 Å². The minimum absolute atomic E-state index is 0.0375. The third-order valence-electron chi connectivity index (χ3n) is 4.32. The zero-order valence-corrected chi connectivity index (χ0v) is 17.5. The second-order valence-corrected chi connectivity index (χ2v) is 8.77. The van der Waals surface area contributed by atoms with Crippen molar-refractivity contribution in [3.8, 4) is 10.6 Å². The van der Waals surface area contributed by atoms with Crippen molar-refractivity contribution in [3.63, 3.8) is 0 Å². The van der Waals surface area contributed by atoms with Crippen LogP contribution in [0.5, 0.6) is 0 Å². The van der Waals surface area contributed by atoms with Crippen molar-refractivity contribution < 1.29 is 4.79 Å². The quantitative estimate of drug-likeness (QED) is 0.364. The zero-order chi connectivity index (χ0) is 19.5. The number of para-hydroxylation sites is 1. The largest absolute Gasteiger partial charge is 0.325 e. The Kier molecular flexibility index (Phi) is 5.67. The Morgan fingerprint density at radius 3 is 2.64 bits per heavy atom. The Labute approximate surface area is 176 Å². The number of halogens is 1. The van der Waals surface area contributed by atoms with Gasteiger partial charge in [0.2, 0.25) is 5.91 Å². The van der Waals surface area contributed by atoms with Gasteiger partial charge in [-0.15, -0.1) is 23.1 Å². The van der Waals surface area contributed by atoms with Crippen molar-refractivity contribution in [2.75, 3.05) is 11.1 Å². The first-order chi connectivity index (χ1) is 13.6. The highest BCUT2D eigenvalue weighted by Crippen LogP contribution is 2.34. The van der Waals surface area contributed by atoms with E-state index in [-0.39, 0.29) is 5.91 Å². The highest BCUT2D eigenvalue weighted by Gasteiger charge is 2.13. The van der Waals surface area contributed by atoms with E-state index in [0.29, 0.717) is 10.8 Å². The summed E-state index contributed by atoms with van der Waals surface area (Å²) in [6.45, 7) is 2.02. The number of carbonyl (C=O) groups is 1. The molecule has 1 aromatic heterocycles. The van der Waals surface area contributed by atoms with Gasteiger partial charge in [0.25, 0.3) is 0 Å². The number of carbonyl (C=O) groups excluding carboxylic acids is 1. The molecule has 140 valence electrons. The molecule has 0 saturated heterocycles. The van der Waals surface area contributed by atoms with Gasteiger partial charge in [0.1, 0.15) is 5.01 Å². The van der Waals surface area contributed by atoms with Crippen LogP contribution in [-0.4, -0.2) is 16.6 Å². The molecule has 1 amide bonds. The molecule has 28 heavy (non-hydrogen) atoms. The lowest BCUT2D eigenvalue weighted by Crippen LogP contribution is -2.15. The zero-order valence-electron chi connectivity index (χ0n) is 15.1. The molecule has 0 bridgehead atoms. The topological polar surface area (TPSA) is 42.0 Å². The predicted octanol–water partition coefficient (Wildman–Crippen LogP) is 6.66. The first kappa shape index (κ1) is 19.0. The number of fused-ring (bicyclic) bond motifs is 1. The maximum atomic E-state index is 12.4. The van der Waals surface area contributed by atoms with Gasteiger partial charge in [-0.25, -0.2) is 4.98 Å². The van der Waals surface area contributed by atoms with Gasteiger partial charge in [-0.1, -0.05) is 35.9 Å². The number of benzene rings is 3. The van der Waals surface area contributed by atoms with E-state index in [9.17, 15) is 4.79 Å². The Morgan fingerprint density at radius 1 is 1.07 bits per heavy atom. The van der Waals surface area contributed by atoms with E-state index in [1.165, 1.54) is 11.8 Å². The Bertz CT molecular complexity index is 1110. The molecule has 0 aliphatic rings. The number of nitrogens with one attached hydrogen (secondary N) is 1. The molecule has 6 heteroatoms. The molecule has 3 aromatic carbocycles. The van der Waals surface area contributed by atoms with E-state index in [0.717, 1.165) is 36.9 Å². The maximum absolute atomic E-state index is 12.4. The molecule has 4 rings (SSSR count). The fraction of sp³-hybridized carbons (Fsp3) is 0.0909. The summed E-state index contributed by atoms with van der Waals surface area (Å²) in [5.74, 6) is 0.302. The number of thioether (sulfide) groups is 1. The summed E-state index contributed by atoms with van der Waals surface area (Å²) in [7, 11) is 0. The molecule has 1 heterocycles. The van der Waals surface area contributed by atoms with Crippen LogP contribution >= 0.6 is 34.7 Å². The van der Waals surface area contributed by atoms with Crippen LogP contribution in [0.4, 0.5) is 5.69 Å². The smallest absolute Gasteiger partial charge is 0.234 e. The van der Waals surface area contributed by atoms with Crippen molar-refractivity contribution in [2.45, 2.75) is 11.8 Å². The summed E-state index contributed by atoms with van der Waals surface area (Å²) in [4.78, 5) is 18.2. The lowest BCUT2D eigenvalue weighted by molar-refractivity contribution is -0.113. The summed E-state index contributed by atoms with van der Waals surface area (Å²) in [5.41, 5.74) is 3.88. The van der Waals surface area contributed by atoms with Crippen LogP contribution in [0.15, 0.2) is 71.6 Å². The highest BCUT2D eigenvalue weighted by molar-refractivity contribution is 8.00. The third kappa shape index (κ3) is 4.22. The van der Waals surface area contributed by atoms with Crippen molar-refractivity contribution in [2.24, 2.45) is 0 Å². The summed E-state index contributed by atoms with van der Waals surface area (Å²) in [6, 6.07) is 21.5. The summed E-state index contributed by atoms with van der Waals surface area (Å²) in [6.07, 6.45) is 0. The van der Waals surface area contributed by atoms with E-state index in [2.05, 4.69) is 11.4 Å². The fourth-order valence-corrected chi connectivity index (χ4v) is 4.73. The monoisotopic (exact) mass is 424 g/mol. The van der Waals surface area contributed by atoms with Gasteiger partial charge in [0.05, 0.1) is 16.0 Å². The lowest BCUT2D eigenvalue weighted by atomic mass is 10.1. The predicted molar refractivity (Wildman–Crippen MR) is 121 cm³/mol. The normalized spacial score (nSPS) is 10.9. The van der Waals surface area contributed by atoms with Crippen molar-refractivity contribution in [3.05, 3.63) is 77.3 Å². The summed E-state index contributed by atoms with van der Waals surface area (Å²) < 4.78 is 1.16. The Hall–Kier alpha value is -2.34. The number of amides is 1. The third-order valence-corrected chi connectivity index (χ3v) is 6.65. The summed E-state index contributed by atoms with van der Waals surface area (Å²) >= 11 is 9.04. The molecule has 0 radical (unpaired) electrons. The van der Waals surface area contributed by atoms with Crippen LogP contribution in [0.25, 0.3) is 20.8 Å². The number of hydrogen-bond acceptors (Lipinski definition) is 4. The molecule has 1 N–H and O–H groups in total. The minimum atomic E-state index is -0.0375. The first-order valence-electron chi connectivity index (χ1n) is 8.74. The number of anilines is 1. The van der Waals surface area contributed by atoms with Gasteiger partial charge in [-0.05, 0) is 55.0 Å². The molecule has 0 fully saturated rings. The van der Waals surface area contributed by atoms with Crippen LogP contribution in [-0.2, 0) is 4.79 Å². The SMILES string of the molecule is Cc1c(NC(=O)CSc2ccc(Cl)cc2)cccc1-c1nc2ccccc2s1. The maximum Gasteiger partial charge on any atom is 0.234 e. The first-order valence-corrected chi connectivity index (χ1v) is 10.9. The van der Waals surface area contributed by atoms with Gasteiger partial charge >= 0.3 is 0 Å². The fourth-order valence-electron chi connectivity index (χ4n) is 2.86. The van der Waals surface area contributed by atoms with Gasteiger partial charge in [0.15, 0.2) is 0 Å². The molecular formula is C22H17ClN2OS2.